The van der Waals surface area contributed by atoms with E-state index in [1.165, 1.54) is 10.5 Å². The monoisotopic (exact) mass is 440 g/mol. The number of cyclic esters (lactones) is 1. The lowest BCUT2D eigenvalue weighted by molar-refractivity contribution is -0.130. The van der Waals surface area contributed by atoms with Gasteiger partial charge in [0.15, 0.2) is 0 Å². The van der Waals surface area contributed by atoms with E-state index in [4.69, 9.17) is 17.0 Å². The van der Waals surface area contributed by atoms with Crippen LogP contribution >= 0.6 is 24.0 Å². The first-order valence-electron chi connectivity index (χ1n) is 10.1. The number of carbonyl (C=O) groups excluding carboxylic acids is 2. The fourth-order valence-electron chi connectivity index (χ4n) is 4.12. The molecule has 5 nitrogen and oxygen atoms in total. The molecule has 2 heterocycles. The number of ether oxygens (including phenoxy) is 1. The lowest BCUT2D eigenvalue weighted by atomic mass is 10.0. The van der Waals surface area contributed by atoms with Crippen molar-refractivity contribution in [2.75, 3.05) is 12.4 Å². The third-order valence-electron chi connectivity index (χ3n) is 5.59. The first kappa shape index (κ1) is 20.9. The molecule has 7 heteroatoms. The molecular weight excluding hydrogens is 416 g/mol. The molecule has 0 radical (unpaired) electrons. The predicted octanol–water partition coefficient (Wildman–Crippen LogP) is 4.43. The van der Waals surface area contributed by atoms with Gasteiger partial charge in [-0.05, 0) is 24.5 Å². The van der Waals surface area contributed by atoms with Gasteiger partial charge in [-0.1, -0.05) is 84.6 Å². The fourth-order valence-corrected chi connectivity index (χ4v) is 5.75. The van der Waals surface area contributed by atoms with Crippen molar-refractivity contribution in [2.45, 2.75) is 37.9 Å². The second-order valence-corrected chi connectivity index (χ2v) is 9.30. The summed E-state index contributed by atoms with van der Waals surface area (Å²) in [4.78, 5) is 28.9. The van der Waals surface area contributed by atoms with Crippen molar-refractivity contribution in [3.8, 4) is 0 Å². The van der Waals surface area contributed by atoms with Gasteiger partial charge in [-0.15, -0.1) is 0 Å². The summed E-state index contributed by atoms with van der Waals surface area (Å²) in [5, 5.41) is 0. The van der Waals surface area contributed by atoms with Crippen molar-refractivity contribution in [1.82, 2.24) is 9.80 Å². The molecule has 156 valence electrons. The van der Waals surface area contributed by atoms with Gasteiger partial charge in [-0.2, -0.15) is 0 Å². The molecule has 2 aromatic carbocycles. The smallest absolute Gasteiger partial charge is 0.417 e. The van der Waals surface area contributed by atoms with Crippen LogP contribution in [0.4, 0.5) is 4.79 Å². The molecule has 2 amide bonds. The second-order valence-electron chi connectivity index (χ2n) is 7.65. The van der Waals surface area contributed by atoms with E-state index in [2.05, 4.69) is 17.0 Å². The molecule has 3 atom stereocenters. The highest BCUT2D eigenvalue weighted by atomic mass is 32.2. The Morgan fingerprint density at radius 3 is 2.53 bits per heavy atom. The number of imide groups is 1. The Labute approximate surface area is 186 Å². The van der Waals surface area contributed by atoms with Crippen LogP contribution in [0.5, 0.6) is 0 Å². The number of rotatable bonds is 6. The van der Waals surface area contributed by atoms with E-state index in [1.54, 1.807) is 11.8 Å². The maximum Gasteiger partial charge on any atom is 0.417 e. The van der Waals surface area contributed by atoms with Crippen LogP contribution in [-0.4, -0.2) is 50.6 Å². The van der Waals surface area contributed by atoms with Gasteiger partial charge >= 0.3 is 6.09 Å². The normalized spacial score (nSPS) is 22.3. The van der Waals surface area contributed by atoms with Crippen LogP contribution in [0.2, 0.25) is 0 Å². The third kappa shape index (κ3) is 4.37. The minimum atomic E-state index is -0.569. The van der Waals surface area contributed by atoms with Gasteiger partial charge in [0.2, 0.25) is 5.91 Å². The molecule has 0 aliphatic carbocycles. The van der Waals surface area contributed by atoms with Crippen molar-refractivity contribution < 1.29 is 14.3 Å². The van der Waals surface area contributed by atoms with Crippen LogP contribution in [0.3, 0.4) is 0 Å². The Bertz CT molecular complexity index is 923. The number of nitrogens with zero attached hydrogens (tertiary/aromatic N) is 2. The molecule has 2 saturated heterocycles. The topological polar surface area (TPSA) is 49.9 Å². The fraction of sp³-hybridized carbons (Fsp3) is 0.348. The molecule has 0 saturated carbocycles. The molecule has 2 aromatic rings. The summed E-state index contributed by atoms with van der Waals surface area (Å²) in [6.45, 7) is 2.20. The standard InChI is InChI=1S/C23H24N2O3S2/c1-16(24-19(15-30-23(24)29)13-17-8-4-2-5-9-17)12-21(26)25-20(14-28-22(25)27)18-10-6-3-7-11-18/h2-11,16,19-20H,12-15H2,1H3/t16-,19-,20+/m0/s1. The molecule has 0 spiro atoms. The molecule has 30 heavy (non-hydrogen) atoms. The average Bonchev–Trinajstić information content (AvgIpc) is 3.32. The molecule has 0 unspecified atom stereocenters. The van der Waals surface area contributed by atoms with Gasteiger partial charge in [-0.3, -0.25) is 4.79 Å². The Morgan fingerprint density at radius 2 is 1.83 bits per heavy atom. The van der Waals surface area contributed by atoms with E-state index < -0.39 is 6.09 Å². The highest BCUT2D eigenvalue weighted by molar-refractivity contribution is 8.23. The highest BCUT2D eigenvalue weighted by Crippen LogP contribution is 2.32. The summed E-state index contributed by atoms with van der Waals surface area (Å²) in [6, 6.07) is 19.6. The van der Waals surface area contributed by atoms with Gasteiger partial charge in [0, 0.05) is 24.3 Å². The number of carbonyl (C=O) groups is 2. The molecule has 0 aromatic heterocycles. The third-order valence-corrected chi connectivity index (χ3v) is 7.16. The van der Waals surface area contributed by atoms with Gasteiger partial charge in [-0.25, -0.2) is 9.69 Å². The summed E-state index contributed by atoms with van der Waals surface area (Å²) in [5.41, 5.74) is 2.15. The zero-order valence-electron chi connectivity index (χ0n) is 16.8. The molecule has 2 aliphatic rings. The Morgan fingerprint density at radius 1 is 1.17 bits per heavy atom. The van der Waals surface area contributed by atoms with Crippen LogP contribution in [0.15, 0.2) is 60.7 Å². The van der Waals surface area contributed by atoms with Gasteiger partial charge in [0.1, 0.15) is 17.0 Å². The zero-order valence-corrected chi connectivity index (χ0v) is 18.4. The maximum absolute atomic E-state index is 13.1. The van der Waals surface area contributed by atoms with Crippen LogP contribution in [0, 0.1) is 0 Å². The molecule has 2 fully saturated rings. The van der Waals surface area contributed by atoms with Crippen molar-refractivity contribution in [2.24, 2.45) is 0 Å². The van der Waals surface area contributed by atoms with Crippen LogP contribution in [0.1, 0.15) is 30.5 Å². The van der Waals surface area contributed by atoms with Crippen molar-refractivity contribution in [1.29, 1.82) is 0 Å². The zero-order chi connectivity index (χ0) is 21.1. The van der Waals surface area contributed by atoms with E-state index in [0.29, 0.717) is 0 Å². The largest absolute Gasteiger partial charge is 0.446 e. The van der Waals surface area contributed by atoms with Crippen molar-refractivity contribution in [3.63, 3.8) is 0 Å². The SMILES string of the molecule is C[C@@H](CC(=O)N1C(=O)OC[C@@H]1c1ccccc1)N1C(=S)SC[C@@H]1Cc1ccccc1. The molecular formula is C23H24N2O3S2. The van der Waals surface area contributed by atoms with Crippen molar-refractivity contribution >= 4 is 40.3 Å². The Balaban J connectivity index is 1.46. The van der Waals surface area contributed by atoms with Crippen LogP contribution < -0.4 is 0 Å². The second kappa shape index (κ2) is 9.18. The average molecular weight is 441 g/mol. The summed E-state index contributed by atoms with van der Waals surface area (Å²) >= 11 is 7.25. The Hall–Kier alpha value is -2.38. The minimum absolute atomic E-state index is 0.0986. The summed E-state index contributed by atoms with van der Waals surface area (Å²) < 4.78 is 6.02. The molecule has 2 aliphatic heterocycles. The van der Waals surface area contributed by atoms with Crippen molar-refractivity contribution in [3.05, 3.63) is 71.8 Å². The number of thiocarbonyl (C=S) groups is 1. The lowest BCUT2D eigenvalue weighted by Crippen LogP contribution is -2.45. The quantitative estimate of drug-likeness (QED) is 0.620. The van der Waals surface area contributed by atoms with Gasteiger partial charge < -0.3 is 9.64 Å². The Kier molecular flexibility index (Phi) is 6.39. The molecule has 0 bridgehead atoms. The summed E-state index contributed by atoms with van der Waals surface area (Å²) in [5.74, 6) is 0.682. The number of amides is 2. The predicted molar refractivity (Wildman–Crippen MR) is 122 cm³/mol. The van der Waals surface area contributed by atoms with E-state index in [-0.39, 0.29) is 37.1 Å². The van der Waals surface area contributed by atoms with Crippen LogP contribution in [0.25, 0.3) is 0 Å². The molecule has 0 N–H and O–H groups in total. The molecule has 4 rings (SSSR count). The summed E-state index contributed by atoms with van der Waals surface area (Å²) in [7, 11) is 0. The number of thioether (sulfide) groups is 1. The minimum Gasteiger partial charge on any atom is -0.446 e. The van der Waals surface area contributed by atoms with Gasteiger partial charge in [0.25, 0.3) is 0 Å². The van der Waals surface area contributed by atoms with E-state index in [9.17, 15) is 9.59 Å². The number of hydrogen-bond acceptors (Lipinski definition) is 5. The lowest BCUT2D eigenvalue weighted by Gasteiger charge is -2.32. The van der Waals surface area contributed by atoms with Crippen LogP contribution in [-0.2, 0) is 16.0 Å². The van der Waals surface area contributed by atoms with Gasteiger partial charge in [0.05, 0.1) is 0 Å². The first-order chi connectivity index (χ1) is 14.5. The number of hydrogen-bond donors (Lipinski definition) is 0. The highest BCUT2D eigenvalue weighted by Gasteiger charge is 2.41. The first-order valence-corrected chi connectivity index (χ1v) is 11.5. The maximum atomic E-state index is 13.1. The summed E-state index contributed by atoms with van der Waals surface area (Å²) in [6.07, 6.45) is 0.523. The number of benzene rings is 2. The van der Waals surface area contributed by atoms with E-state index >= 15 is 0 Å². The van der Waals surface area contributed by atoms with E-state index in [1.807, 2.05) is 55.5 Å². The van der Waals surface area contributed by atoms with E-state index in [0.717, 1.165) is 22.1 Å².